The summed E-state index contributed by atoms with van der Waals surface area (Å²) in [5.41, 5.74) is 0.184. The largest absolute Gasteiger partial charge is 0.433 e. The van der Waals surface area contributed by atoms with Gasteiger partial charge in [0.05, 0.1) is 11.4 Å². The number of aromatic nitrogens is 3. The van der Waals surface area contributed by atoms with Crippen molar-refractivity contribution in [1.29, 1.82) is 0 Å². The third-order valence-electron chi connectivity index (χ3n) is 3.43. The molecule has 0 bridgehead atoms. The quantitative estimate of drug-likeness (QED) is 0.729. The molecule has 10 heteroatoms. The molecule has 3 rings (SSSR count). The van der Waals surface area contributed by atoms with Gasteiger partial charge in [-0.3, -0.25) is 9.89 Å². The van der Waals surface area contributed by atoms with Crippen LogP contribution in [0.2, 0.25) is 0 Å². The molecule has 2 heterocycles. The highest BCUT2D eigenvalue weighted by Crippen LogP contribution is 2.28. The lowest BCUT2D eigenvalue weighted by Crippen LogP contribution is -2.15. The molecule has 2 N–H and O–H groups in total. The zero-order valence-electron chi connectivity index (χ0n) is 13.1. The number of benzene rings is 1. The van der Waals surface area contributed by atoms with Crippen molar-refractivity contribution < 1.29 is 23.0 Å². The van der Waals surface area contributed by atoms with Crippen LogP contribution in [0.1, 0.15) is 24.8 Å². The number of thioether (sulfide) groups is 1. The smallest absolute Gasteiger partial charge is 0.387 e. The van der Waals surface area contributed by atoms with Crippen LogP contribution in [0.15, 0.2) is 29.4 Å². The van der Waals surface area contributed by atoms with E-state index in [1.54, 1.807) is 12.1 Å². The number of nitrogens with one attached hydrogen (secondary N) is 2. The molecular weight excluding hydrogens is 354 g/mol. The molecular formula is C15H16F2N4O3S. The molecule has 25 heavy (non-hydrogen) atoms. The van der Waals surface area contributed by atoms with Crippen LogP contribution in [0, 0.1) is 0 Å². The minimum Gasteiger partial charge on any atom is -0.433 e. The number of carbonyl (C=O) groups is 1. The van der Waals surface area contributed by atoms with Crippen LogP contribution >= 0.6 is 11.8 Å². The van der Waals surface area contributed by atoms with E-state index >= 15 is 0 Å². The first-order valence-corrected chi connectivity index (χ1v) is 8.61. The molecule has 1 aromatic heterocycles. The van der Waals surface area contributed by atoms with Gasteiger partial charge in [-0.1, -0.05) is 23.9 Å². The van der Waals surface area contributed by atoms with E-state index in [2.05, 4.69) is 25.2 Å². The summed E-state index contributed by atoms with van der Waals surface area (Å²) in [6.07, 6.45) is 1.80. The van der Waals surface area contributed by atoms with E-state index < -0.39 is 6.61 Å². The summed E-state index contributed by atoms with van der Waals surface area (Å²) in [4.78, 5) is 16.3. The van der Waals surface area contributed by atoms with Crippen molar-refractivity contribution in [3.63, 3.8) is 0 Å². The van der Waals surface area contributed by atoms with Gasteiger partial charge in [-0.05, 0) is 25.0 Å². The van der Waals surface area contributed by atoms with Crippen LogP contribution in [0.3, 0.4) is 0 Å². The summed E-state index contributed by atoms with van der Waals surface area (Å²) >= 11 is 1.14. The van der Waals surface area contributed by atoms with Gasteiger partial charge in [-0.15, -0.1) is 5.10 Å². The van der Waals surface area contributed by atoms with E-state index in [1.807, 2.05) is 0 Å². The lowest BCUT2D eigenvalue weighted by molar-refractivity contribution is -0.113. The number of halogens is 2. The summed E-state index contributed by atoms with van der Waals surface area (Å²) in [5, 5.41) is 9.82. The standard InChI is InChI=1S/C15H16F2N4O3S/c16-14(17)24-10-5-2-1-4-9(10)18-12(22)8-25-15-19-13(20-21-15)11-6-3-7-23-11/h1-2,4-5,11,14H,3,6-8H2,(H,18,22)(H,19,20,21)/t11-/m0/s1. The van der Waals surface area contributed by atoms with Gasteiger partial charge in [0.1, 0.15) is 11.9 Å². The monoisotopic (exact) mass is 370 g/mol. The number of hydrogen-bond acceptors (Lipinski definition) is 6. The van der Waals surface area contributed by atoms with Crippen LogP contribution in [0.25, 0.3) is 0 Å². The molecule has 1 aliphatic rings. The zero-order valence-corrected chi connectivity index (χ0v) is 13.9. The number of aromatic amines is 1. The van der Waals surface area contributed by atoms with Crippen LogP contribution in [0.5, 0.6) is 5.75 Å². The number of carbonyl (C=O) groups excluding carboxylic acids is 1. The fourth-order valence-corrected chi connectivity index (χ4v) is 2.95. The fourth-order valence-electron chi connectivity index (χ4n) is 2.35. The average Bonchev–Trinajstić information content (AvgIpc) is 3.25. The van der Waals surface area contributed by atoms with Gasteiger partial charge in [-0.25, -0.2) is 4.98 Å². The Morgan fingerprint density at radius 3 is 3.08 bits per heavy atom. The van der Waals surface area contributed by atoms with E-state index in [4.69, 9.17) is 4.74 Å². The van der Waals surface area contributed by atoms with Gasteiger partial charge in [0.2, 0.25) is 11.1 Å². The Bertz CT molecular complexity index is 722. The summed E-state index contributed by atoms with van der Waals surface area (Å²) in [5.74, 6) is 0.218. The van der Waals surface area contributed by atoms with Crippen LogP contribution in [-0.4, -0.2) is 40.1 Å². The first-order valence-electron chi connectivity index (χ1n) is 7.62. The highest BCUT2D eigenvalue weighted by Gasteiger charge is 2.21. The molecule has 1 aliphatic heterocycles. The van der Waals surface area contributed by atoms with Gasteiger partial charge in [0.25, 0.3) is 0 Å². The second-order valence-corrected chi connectivity index (χ2v) is 6.16. The maximum atomic E-state index is 12.4. The Hall–Kier alpha value is -2.20. The van der Waals surface area contributed by atoms with Crippen molar-refractivity contribution in [2.45, 2.75) is 30.7 Å². The molecule has 7 nitrogen and oxygen atoms in total. The predicted molar refractivity (Wildman–Crippen MR) is 86.7 cm³/mol. The van der Waals surface area contributed by atoms with E-state index in [-0.39, 0.29) is 29.2 Å². The lowest BCUT2D eigenvalue weighted by atomic mass is 10.2. The van der Waals surface area contributed by atoms with Gasteiger partial charge >= 0.3 is 6.61 Å². The number of ether oxygens (including phenoxy) is 2. The highest BCUT2D eigenvalue weighted by molar-refractivity contribution is 7.99. The van der Waals surface area contributed by atoms with Gasteiger partial charge in [0.15, 0.2) is 5.82 Å². The molecule has 0 unspecified atom stereocenters. The van der Waals surface area contributed by atoms with Crippen molar-refractivity contribution in [3.8, 4) is 5.75 Å². The zero-order chi connectivity index (χ0) is 17.6. The Labute approximate surface area is 146 Å². The molecule has 0 spiro atoms. The van der Waals surface area contributed by atoms with Crippen molar-refractivity contribution in [1.82, 2.24) is 15.2 Å². The van der Waals surface area contributed by atoms with Gasteiger partial charge in [0, 0.05) is 6.61 Å². The first kappa shape index (κ1) is 17.6. The number of nitrogens with zero attached hydrogens (tertiary/aromatic N) is 2. The van der Waals surface area contributed by atoms with Crippen LogP contribution in [-0.2, 0) is 9.53 Å². The third kappa shape index (κ3) is 4.89. The number of para-hydroxylation sites is 2. The van der Waals surface area contributed by atoms with E-state index in [9.17, 15) is 13.6 Å². The summed E-state index contributed by atoms with van der Waals surface area (Å²) in [6, 6.07) is 6.01. The Balaban J connectivity index is 1.53. The van der Waals surface area contributed by atoms with Gasteiger partial charge in [-0.2, -0.15) is 8.78 Å². The SMILES string of the molecule is O=C(CSc1n[nH]c([C@@H]2CCCO2)n1)Nc1ccccc1OC(F)F. The number of amides is 1. The molecule has 1 amide bonds. The van der Waals surface area contributed by atoms with E-state index in [0.29, 0.717) is 17.6 Å². The molecule has 1 atom stereocenters. The number of hydrogen-bond donors (Lipinski definition) is 2. The predicted octanol–water partition coefficient (Wildman–Crippen LogP) is 2.99. The van der Waals surface area contributed by atoms with Crippen molar-refractivity contribution in [2.24, 2.45) is 0 Å². The molecule has 0 radical (unpaired) electrons. The second-order valence-electron chi connectivity index (χ2n) is 5.22. The topological polar surface area (TPSA) is 89.1 Å². The Morgan fingerprint density at radius 1 is 1.48 bits per heavy atom. The highest BCUT2D eigenvalue weighted by atomic mass is 32.2. The molecule has 0 aliphatic carbocycles. The molecule has 134 valence electrons. The van der Waals surface area contributed by atoms with Crippen LogP contribution in [0.4, 0.5) is 14.5 Å². The maximum Gasteiger partial charge on any atom is 0.387 e. The van der Waals surface area contributed by atoms with Gasteiger partial charge < -0.3 is 14.8 Å². The average molecular weight is 370 g/mol. The normalized spacial score (nSPS) is 17.0. The second kappa shape index (κ2) is 8.26. The molecule has 1 aromatic carbocycles. The summed E-state index contributed by atoms with van der Waals surface area (Å²) < 4.78 is 34.6. The number of alkyl halides is 2. The Morgan fingerprint density at radius 2 is 2.32 bits per heavy atom. The third-order valence-corrected chi connectivity index (χ3v) is 4.27. The summed E-state index contributed by atoms with van der Waals surface area (Å²) in [6.45, 7) is -2.26. The number of H-pyrrole nitrogens is 1. The maximum absolute atomic E-state index is 12.4. The van der Waals surface area contributed by atoms with Crippen molar-refractivity contribution in [2.75, 3.05) is 17.7 Å². The minimum absolute atomic E-state index is 0.0336. The first-order chi connectivity index (χ1) is 12.1. The van der Waals surface area contributed by atoms with E-state index in [1.165, 1.54) is 12.1 Å². The van der Waals surface area contributed by atoms with Crippen molar-refractivity contribution >= 4 is 23.4 Å². The fraction of sp³-hybridized carbons (Fsp3) is 0.400. The Kier molecular flexibility index (Phi) is 5.82. The van der Waals surface area contributed by atoms with Crippen LogP contribution < -0.4 is 10.1 Å². The summed E-state index contributed by atoms with van der Waals surface area (Å²) in [7, 11) is 0. The minimum atomic E-state index is -2.96. The molecule has 2 aromatic rings. The molecule has 1 fully saturated rings. The number of anilines is 1. The molecule has 1 saturated heterocycles. The number of rotatable bonds is 7. The van der Waals surface area contributed by atoms with Crippen molar-refractivity contribution in [3.05, 3.63) is 30.1 Å². The molecule has 0 saturated carbocycles. The lowest BCUT2D eigenvalue weighted by Gasteiger charge is -2.11. The van der Waals surface area contributed by atoms with E-state index in [0.717, 1.165) is 24.6 Å².